The molecule has 3 aromatic heterocycles. The maximum atomic E-state index is 12.8. The summed E-state index contributed by atoms with van der Waals surface area (Å²) in [5.74, 6) is 2.34. The van der Waals surface area contributed by atoms with Gasteiger partial charge in [0.15, 0.2) is 0 Å². The minimum Gasteiger partial charge on any atom is -0.448 e. The zero-order valence-corrected chi connectivity index (χ0v) is 14.5. The Hall–Kier alpha value is -2.41. The van der Waals surface area contributed by atoms with Gasteiger partial charge in [-0.15, -0.1) is 0 Å². The summed E-state index contributed by atoms with van der Waals surface area (Å²) in [6, 6.07) is 0.236. The Morgan fingerprint density at radius 1 is 1.23 bits per heavy atom. The van der Waals surface area contributed by atoms with Crippen molar-refractivity contribution in [2.45, 2.75) is 44.6 Å². The second kappa shape index (κ2) is 5.30. The van der Waals surface area contributed by atoms with Gasteiger partial charge in [-0.25, -0.2) is 4.98 Å². The molecule has 1 atom stereocenters. The van der Waals surface area contributed by atoms with Crippen molar-refractivity contribution in [3.05, 3.63) is 33.6 Å². The first-order chi connectivity index (χ1) is 12.8. The third kappa shape index (κ3) is 2.00. The number of hydrogen-bond acceptors (Lipinski definition) is 5. The van der Waals surface area contributed by atoms with Crippen LogP contribution in [0.4, 0.5) is 0 Å². The van der Waals surface area contributed by atoms with Crippen molar-refractivity contribution >= 4 is 11.1 Å². The number of nitrogens with one attached hydrogen (secondary N) is 2. The number of aromatic nitrogens is 4. The van der Waals surface area contributed by atoms with E-state index in [1.165, 1.54) is 12.8 Å². The van der Waals surface area contributed by atoms with E-state index >= 15 is 0 Å². The van der Waals surface area contributed by atoms with Crippen LogP contribution < -0.4 is 5.56 Å². The molecule has 6 heterocycles. The standard InChI is InChI=1S/C19H21N5O2/c25-19-17-15(11-2-1-3-13-12(9-20-23-13)16(11)26-17)21-18(22-19)14-8-10-4-6-24(14)7-5-10/h9-10,14H,1-8H2,(H,20,23)(H,21,22,25)/t14-/m1/s1. The largest absolute Gasteiger partial charge is 0.448 e. The van der Waals surface area contributed by atoms with Crippen molar-refractivity contribution in [2.24, 2.45) is 5.92 Å². The second-order valence-electron chi connectivity index (χ2n) is 7.89. The van der Waals surface area contributed by atoms with Gasteiger partial charge in [0.1, 0.15) is 17.1 Å². The highest BCUT2D eigenvalue weighted by Crippen LogP contribution is 2.40. The first-order valence-corrected chi connectivity index (χ1v) is 9.60. The second-order valence-corrected chi connectivity index (χ2v) is 7.89. The van der Waals surface area contributed by atoms with Crippen LogP contribution in [0.15, 0.2) is 15.4 Å². The smallest absolute Gasteiger partial charge is 0.294 e. The Bertz CT molecular complexity index is 1050. The van der Waals surface area contributed by atoms with E-state index in [0.29, 0.717) is 5.58 Å². The van der Waals surface area contributed by atoms with E-state index in [0.717, 1.165) is 78.6 Å². The zero-order valence-electron chi connectivity index (χ0n) is 14.5. The van der Waals surface area contributed by atoms with Gasteiger partial charge in [-0.3, -0.25) is 14.8 Å². The van der Waals surface area contributed by atoms with E-state index in [1.54, 1.807) is 6.20 Å². The number of furan rings is 1. The van der Waals surface area contributed by atoms with Crippen LogP contribution in [0.5, 0.6) is 0 Å². The lowest BCUT2D eigenvalue weighted by atomic mass is 9.83. The fourth-order valence-corrected chi connectivity index (χ4v) is 5.05. The van der Waals surface area contributed by atoms with Crippen LogP contribution in [0.2, 0.25) is 0 Å². The molecule has 26 heavy (non-hydrogen) atoms. The highest BCUT2D eigenvalue weighted by Gasteiger charge is 2.36. The minimum absolute atomic E-state index is 0.161. The molecule has 0 aromatic carbocycles. The first kappa shape index (κ1) is 14.7. The molecule has 1 aliphatic carbocycles. The molecule has 0 radical (unpaired) electrons. The highest BCUT2D eigenvalue weighted by molar-refractivity contribution is 5.85. The molecule has 0 spiro atoms. The molecule has 0 amide bonds. The molecule has 7 rings (SSSR count). The van der Waals surface area contributed by atoms with Gasteiger partial charge in [-0.1, -0.05) is 0 Å². The lowest BCUT2D eigenvalue weighted by Gasteiger charge is -2.44. The van der Waals surface area contributed by atoms with Crippen molar-refractivity contribution in [3.63, 3.8) is 0 Å². The third-order valence-electron chi connectivity index (χ3n) is 6.44. The van der Waals surface area contributed by atoms with E-state index in [9.17, 15) is 4.79 Å². The van der Waals surface area contributed by atoms with Crippen LogP contribution in [0.1, 0.15) is 48.8 Å². The summed E-state index contributed by atoms with van der Waals surface area (Å²) in [5, 5.41) is 7.21. The Kier molecular flexibility index (Phi) is 3.00. The Morgan fingerprint density at radius 2 is 2.12 bits per heavy atom. The molecule has 134 valence electrons. The first-order valence-electron chi connectivity index (χ1n) is 9.60. The number of fused-ring (bicyclic) bond motifs is 8. The summed E-state index contributed by atoms with van der Waals surface area (Å²) in [4.78, 5) is 23.2. The van der Waals surface area contributed by atoms with Gasteiger partial charge in [0.2, 0.25) is 5.58 Å². The molecule has 3 saturated heterocycles. The van der Waals surface area contributed by atoms with Gasteiger partial charge in [0.05, 0.1) is 17.8 Å². The monoisotopic (exact) mass is 351 g/mol. The van der Waals surface area contributed by atoms with Gasteiger partial charge in [-0.05, 0) is 57.5 Å². The van der Waals surface area contributed by atoms with Crippen molar-refractivity contribution in [1.82, 2.24) is 25.1 Å². The quantitative estimate of drug-likeness (QED) is 0.703. The number of nitrogens with zero attached hydrogens (tertiary/aromatic N) is 3. The van der Waals surface area contributed by atoms with Crippen molar-refractivity contribution in [3.8, 4) is 11.3 Å². The van der Waals surface area contributed by atoms with E-state index < -0.39 is 0 Å². The van der Waals surface area contributed by atoms with Crippen LogP contribution >= 0.6 is 0 Å². The topological polar surface area (TPSA) is 90.8 Å². The molecule has 2 N–H and O–H groups in total. The number of aromatic amines is 2. The van der Waals surface area contributed by atoms with Gasteiger partial charge in [0, 0.05) is 11.3 Å². The van der Waals surface area contributed by atoms with Crippen molar-refractivity contribution in [1.29, 1.82) is 0 Å². The summed E-state index contributed by atoms with van der Waals surface area (Å²) in [5.41, 5.74) is 4.04. The predicted molar refractivity (Wildman–Crippen MR) is 95.9 cm³/mol. The normalized spacial score (nSPS) is 27.3. The fraction of sp³-hybridized carbons (Fsp3) is 0.526. The average Bonchev–Trinajstić information content (AvgIpc) is 3.24. The number of aryl methyl sites for hydroxylation is 2. The summed E-state index contributed by atoms with van der Waals surface area (Å²) < 4.78 is 6.01. The molecule has 7 heteroatoms. The Labute approximate surface area is 149 Å². The summed E-state index contributed by atoms with van der Waals surface area (Å²) in [6.07, 6.45) is 8.25. The van der Waals surface area contributed by atoms with Crippen molar-refractivity contribution < 1.29 is 4.42 Å². The van der Waals surface area contributed by atoms with E-state index in [1.807, 2.05) is 0 Å². The van der Waals surface area contributed by atoms with Crippen LogP contribution in [0, 0.1) is 5.92 Å². The van der Waals surface area contributed by atoms with Crippen LogP contribution in [0.25, 0.3) is 22.4 Å². The maximum Gasteiger partial charge on any atom is 0.294 e. The summed E-state index contributed by atoms with van der Waals surface area (Å²) >= 11 is 0. The Balaban J connectivity index is 1.54. The minimum atomic E-state index is -0.161. The number of H-pyrrole nitrogens is 2. The van der Waals surface area contributed by atoms with Crippen LogP contribution in [0.3, 0.4) is 0 Å². The molecule has 0 saturated carbocycles. The lowest BCUT2D eigenvalue weighted by Crippen LogP contribution is -2.44. The van der Waals surface area contributed by atoms with Gasteiger partial charge in [-0.2, -0.15) is 5.10 Å². The molecular formula is C19H21N5O2. The van der Waals surface area contributed by atoms with Gasteiger partial charge >= 0.3 is 0 Å². The number of rotatable bonds is 1. The molecular weight excluding hydrogens is 330 g/mol. The van der Waals surface area contributed by atoms with Crippen molar-refractivity contribution in [2.75, 3.05) is 13.1 Å². The zero-order chi connectivity index (χ0) is 17.3. The Morgan fingerprint density at radius 3 is 2.92 bits per heavy atom. The number of hydrogen-bond donors (Lipinski definition) is 2. The SMILES string of the molecule is O=c1[nH]c([C@H]2CC3CCN2CC3)nc2c3c(oc12)-c1cn[nH]c1CCC3. The lowest BCUT2D eigenvalue weighted by molar-refractivity contribution is 0.0445. The van der Waals surface area contributed by atoms with Gasteiger partial charge < -0.3 is 9.40 Å². The van der Waals surface area contributed by atoms with Gasteiger partial charge in [0.25, 0.3) is 5.56 Å². The summed E-state index contributed by atoms with van der Waals surface area (Å²) in [6.45, 7) is 2.22. The van der Waals surface area contributed by atoms with Crippen LogP contribution in [-0.2, 0) is 12.8 Å². The maximum absolute atomic E-state index is 12.8. The molecule has 0 unspecified atom stereocenters. The van der Waals surface area contributed by atoms with E-state index in [-0.39, 0.29) is 11.6 Å². The highest BCUT2D eigenvalue weighted by atomic mass is 16.3. The summed E-state index contributed by atoms with van der Waals surface area (Å²) in [7, 11) is 0. The average molecular weight is 351 g/mol. The molecule has 4 aliphatic rings. The molecule has 2 bridgehead atoms. The number of piperidine rings is 3. The fourth-order valence-electron chi connectivity index (χ4n) is 5.05. The molecule has 7 nitrogen and oxygen atoms in total. The van der Waals surface area contributed by atoms with E-state index in [4.69, 9.17) is 9.40 Å². The van der Waals surface area contributed by atoms with Crippen LogP contribution in [-0.4, -0.2) is 38.2 Å². The molecule has 3 aliphatic heterocycles. The predicted octanol–water partition coefficient (Wildman–Crippen LogP) is 2.55. The molecule has 3 fully saturated rings. The third-order valence-corrected chi connectivity index (χ3v) is 6.44. The van der Waals surface area contributed by atoms with E-state index in [2.05, 4.69) is 20.1 Å². The molecule has 3 aromatic rings.